The standard InChI is InChI=1S/C7H11N3/c1-6(2,5-8)4-7(3)9-10-7/h4H2,1-3H3. The second kappa shape index (κ2) is 1.79. The van der Waals surface area contributed by atoms with Gasteiger partial charge >= 0.3 is 0 Å². The Morgan fingerprint density at radius 1 is 1.50 bits per heavy atom. The van der Waals surface area contributed by atoms with Gasteiger partial charge in [0.1, 0.15) is 0 Å². The van der Waals surface area contributed by atoms with Gasteiger partial charge in [0.15, 0.2) is 5.66 Å². The van der Waals surface area contributed by atoms with Crippen LogP contribution in [0.3, 0.4) is 0 Å². The third-order valence-electron chi connectivity index (χ3n) is 1.52. The SMILES string of the molecule is CC(C)(C#N)CC1(C)N=N1. The maximum atomic E-state index is 8.65. The van der Waals surface area contributed by atoms with E-state index in [1.54, 1.807) is 0 Å². The van der Waals surface area contributed by atoms with Crippen molar-refractivity contribution < 1.29 is 0 Å². The van der Waals surface area contributed by atoms with Crippen molar-refractivity contribution in [2.75, 3.05) is 0 Å². The predicted molar refractivity (Wildman–Crippen MR) is 37.3 cm³/mol. The molecule has 0 unspecified atom stereocenters. The van der Waals surface area contributed by atoms with Gasteiger partial charge < -0.3 is 0 Å². The first-order chi connectivity index (χ1) is 4.47. The molecule has 0 atom stereocenters. The molecule has 0 spiro atoms. The molecule has 0 bridgehead atoms. The second-order valence-corrected chi connectivity index (χ2v) is 3.59. The molecule has 0 saturated carbocycles. The summed E-state index contributed by atoms with van der Waals surface area (Å²) in [6.45, 7) is 5.75. The van der Waals surface area contributed by atoms with Gasteiger partial charge in [0, 0.05) is 6.42 Å². The minimum atomic E-state index is -0.293. The highest BCUT2D eigenvalue weighted by Gasteiger charge is 2.39. The Hall–Kier alpha value is -0.910. The van der Waals surface area contributed by atoms with Gasteiger partial charge in [0.05, 0.1) is 11.5 Å². The normalized spacial score (nSPS) is 20.2. The Morgan fingerprint density at radius 3 is 2.30 bits per heavy atom. The summed E-state index contributed by atoms with van der Waals surface area (Å²) in [6, 6.07) is 2.22. The van der Waals surface area contributed by atoms with Crippen LogP contribution >= 0.6 is 0 Å². The summed E-state index contributed by atoms with van der Waals surface area (Å²) >= 11 is 0. The van der Waals surface area contributed by atoms with Gasteiger partial charge in [0.25, 0.3) is 0 Å². The first kappa shape index (κ1) is 7.20. The molecule has 1 aliphatic rings. The van der Waals surface area contributed by atoms with Gasteiger partial charge in [-0.3, -0.25) is 0 Å². The Bertz CT molecular complexity index is 203. The maximum Gasteiger partial charge on any atom is 0.189 e. The van der Waals surface area contributed by atoms with E-state index >= 15 is 0 Å². The Balaban J connectivity index is 2.47. The third-order valence-corrected chi connectivity index (χ3v) is 1.52. The molecule has 0 aromatic rings. The number of nitriles is 1. The molecule has 10 heavy (non-hydrogen) atoms. The summed E-state index contributed by atoms with van der Waals surface area (Å²) in [4.78, 5) is 0. The highest BCUT2D eigenvalue weighted by atomic mass is 15.4. The molecule has 0 aromatic carbocycles. The maximum absolute atomic E-state index is 8.65. The van der Waals surface area contributed by atoms with E-state index < -0.39 is 0 Å². The summed E-state index contributed by atoms with van der Waals surface area (Å²) < 4.78 is 0. The molecule has 0 amide bonds. The molecule has 0 aromatic heterocycles. The Morgan fingerprint density at radius 2 is 2.00 bits per heavy atom. The summed E-state index contributed by atoms with van der Waals surface area (Å²) in [5.41, 5.74) is -0.530. The van der Waals surface area contributed by atoms with Crippen LogP contribution in [0.25, 0.3) is 0 Å². The van der Waals surface area contributed by atoms with Gasteiger partial charge in [-0.15, -0.1) is 0 Å². The largest absolute Gasteiger partial charge is 0.198 e. The molecule has 0 saturated heterocycles. The molecule has 1 rings (SSSR count). The zero-order valence-corrected chi connectivity index (χ0v) is 6.55. The molecular formula is C7H11N3. The Labute approximate surface area is 60.8 Å². The zero-order chi connectivity index (χ0) is 7.83. The smallest absolute Gasteiger partial charge is 0.189 e. The van der Waals surface area contributed by atoms with Crippen molar-refractivity contribution in [2.24, 2.45) is 15.6 Å². The number of nitrogens with zero attached hydrogens (tertiary/aromatic N) is 3. The van der Waals surface area contributed by atoms with Crippen molar-refractivity contribution in [2.45, 2.75) is 32.9 Å². The van der Waals surface area contributed by atoms with Crippen LogP contribution in [0.2, 0.25) is 0 Å². The lowest BCUT2D eigenvalue weighted by molar-refractivity contribution is 0.384. The molecule has 3 heteroatoms. The molecule has 0 radical (unpaired) electrons. The van der Waals surface area contributed by atoms with E-state index in [2.05, 4.69) is 16.3 Å². The third kappa shape index (κ3) is 1.53. The van der Waals surface area contributed by atoms with E-state index in [0.717, 1.165) is 6.42 Å². The second-order valence-electron chi connectivity index (χ2n) is 3.59. The number of hydrogen-bond acceptors (Lipinski definition) is 3. The van der Waals surface area contributed by atoms with E-state index in [1.165, 1.54) is 0 Å². The fraction of sp³-hybridized carbons (Fsp3) is 0.857. The molecule has 0 aliphatic carbocycles. The first-order valence-corrected chi connectivity index (χ1v) is 3.33. The topological polar surface area (TPSA) is 48.5 Å². The van der Waals surface area contributed by atoms with Gasteiger partial charge in [-0.25, -0.2) is 0 Å². The van der Waals surface area contributed by atoms with Crippen LogP contribution in [-0.2, 0) is 0 Å². The summed E-state index contributed by atoms with van der Waals surface area (Å²) in [7, 11) is 0. The van der Waals surface area contributed by atoms with Crippen LogP contribution < -0.4 is 0 Å². The molecule has 3 nitrogen and oxygen atoms in total. The van der Waals surface area contributed by atoms with Gasteiger partial charge in [-0.1, -0.05) is 0 Å². The summed E-state index contributed by atoms with van der Waals surface area (Å²) in [5, 5.41) is 16.3. The van der Waals surface area contributed by atoms with Crippen molar-refractivity contribution in [1.29, 1.82) is 5.26 Å². The highest BCUT2D eigenvalue weighted by Crippen LogP contribution is 2.38. The molecule has 1 heterocycles. The Kier molecular flexibility index (Phi) is 1.29. The average molecular weight is 137 g/mol. The van der Waals surface area contributed by atoms with Gasteiger partial charge in [-0.05, 0) is 20.8 Å². The molecule has 54 valence electrons. The lowest BCUT2D eigenvalue weighted by Crippen LogP contribution is -2.18. The van der Waals surface area contributed by atoms with Gasteiger partial charge in [-0.2, -0.15) is 15.5 Å². The van der Waals surface area contributed by atoms with Crippen molar-refractivity contribution in [3.05, 3.63) is 0 Å². The van der Waals surface area contributed by atoms with E-state index in [1.807, 2.05) is 20.8 Å². The minimum Gasteiger partial charge on any atom is -0.198 e. The van der Waals surface area contributed by atoms with E-state index in [-0.39, 0.29) is 11.1 Å². The lowest BCUT2D eigenvalue weighted by atomic mass is 9.86. The minimum absolute atomic E-state index is 0.237. The first-order valence-electron chi connectivity index (χ1n) is 3.33. The quantitative estimate of drug-likeness (QED) is 0.575. The summed E-state index contributed by atoms with van der Waals surface area (Å²) in [6.07, 6.45) is 0.733. The van der Waals surface area contributed by atoms with E-state index in [9.17, 15) is 0 Å². The molecule has 0 fully saturated rings. The van der Waals surface area contributed by atoms with Crippen molar-refractivity contribution in [3.8, 4) is 6.07 Å². The fourth-order valence-corrected chi connectivity index (χ4v) is 1.03. The lowest BCUT2D eigenvalue weighted by Gasteiger charge is -2.15. The number of rotatable bonds is 2. The van der Waals surface area contributed by atoms with Crippen molar-refractivity contribution in [1.82, 2.24) is 0 Å². The molecule has 0 N–H and O–H groups in total. The van der Waals surface area contributed by atoms with Gasteiger partial charge in [0.2, 0.25) is 0 Å². The van der Waals surface area contributed by atoms with Crippen LogP contribution in [0, 0.1) is 16.7 Å². The van der Waals surface area contributed by atoms with Crippen LogP contribution in [-0.4, -0.2) is 5.66 Å². The van der Waals surface area contributed by atoms with Crippen LogP contribution in [0.1, 0.15) is 27.2 Å². The van der Waals surface area contributed by atoms with E-state index in [0.29, 0.717) is 0 Å². The van der Waals surface area contributed by atoms with Crippen LogP contribution in [0.4, 0.5) is 0 Å². The predicted octanol–water partition coefficient (Wildman–Crippen LogP) is 2.11. The van der Waals surface area contributed by atoms with Crippen molar-refractivity contribution in [3.63, 3.8) is 0 Å². The zero-order valence-electron chi connectivity index (χ0n) is 6.55. The van der Waals surface area contributed by atoms with Crippen molar-refractivity contribution >= 4 is 0 Å². The number of hydrogen-bond donors (Lipinski definition) is 0. The van der Waals surface area contributed by atoms with Crippen LogP contribution in [0.5, 0.6) is 0 Å². The molecule has 1 aliphatic heterocycles. The van der Waals surface area contributed by atoms with E-state index in [4.69, 9.17) is 5.26 Å². The molecular weight excluding hydrogens is 126 g/mol. The summed E-state index contributed by atoms with van der Waals surface area (Å²) in [5.74, 6) is 0. The monoisotopic (exact) mass is 137 g/mol. The van der Waals surface area contributed by atoms with Crippen LogP contribution in [0.15, 0.2) is 10.2 Å². The average Bonchev–Trinajstić information content (AvgIpc) is 2.47. The fourth-order valence-electron chi connectivity index (χ4n) is 1.03. The highest BCUT2D eigenvalue weighted by molar-refractivity contribution is 5.01.